The largest absolute Gasteiger partial charge is 0.530 e. The van der Waals surface area contributed by atoms with Crippen molar-refractivity contribution in [1.29, 1.82) is 0 Å². The summed E-state index contributed by atoms with van der Waals surface area (Å²) in [6, 6.07) is 4.77. The number of hydrogen-bond acceptors (Lipinski definition) is 8. The SMILES string of the molecule is Cc1cccc2c1O[P@@](=O)(OC[C@H]1O[C@@H](n3cc(C)c(=O)[nH]c3=O)C[C@@H]1N=[N+]=[N-])OC2. The number of aryl methyl sites for hydroxylation is 2. The number of rotatable bonds is 5. The van der Waals surface area contributed by atoms with Crippen molar-refractivity contribution in [3.05, 3.63) is 72.4 Å². The van der Waals surface area contributed by atoms with Gasteiger partial charge in [0.05, 0.1) is 25.4 Å². The Labute approximate surface area is 176 Å². The van der Waals surface area contributed by atoms with E-state index in [4.69, 9.17) is 23.8 Å². The molecule has 0 amide bonds. The molecule has 164 valence electrons. The highest BCUT2D eigenvalue weighted by atomic mass is 31.2. The van der Waals surface area contributed by atoms with Gasteiger partial charge in [-0.2, -0.15) is 0 Å². The van der Waals surface area contributed by atoms with Crippen LogP contribution in [0.25, 0.3) is 10.4 Å². The number of ether oxygens (including phenoxy) is 1. The molecule has 1 aromatic heterocycles. The standard InChI is InChI=1S/C18H20N5O7P/c1-10-4-3-5-12-8-27-31(26,30-16(10)12)28-9-14-13(21-22-19)6-15(29-14)23-7-11(2)17(24)20-18(23)25/h3-5,7,13-15H,6,8-9H2,1-2H3,(H,20,24,25)/t13-,14+,15+,31+/m0/s1. The molecule has 12 nitrogen and oxygen atoms in total. The zero-order chi connectivity index (χ0) is 22.2. The fourth-order valence-electron chi connectivity index (χ4n) is 3.50. The van der Waals surface area contributed by atoms with Crippen molar-refractivity contribution in [3.63, 3.8) is 0 Å². The second-order valence-electron chi connectivity index (χ2n) is 7.29. The molecule has 1 aromatic carbocycles. The lowest BCUT2D eigenvalue weighted by Crippen LogP contribution is -2.33. The van der Waals surface area contributed by atoms with E-state index >= 15 is 0 Å². The molecule has 2 aromatic rings. The van der Waals surface area contributed by atoms with E-state index in [9.17, 15) is 14.2 Å². The van der Waals surface area contributed by atoms with Crippen molar-refractivity contribution in [3.8, 4) is 5.75 Å². The van der Waals surface area contributed by atoms with E-state index in [1.807, 2.05) is 19.1 Å². The van der Waals surface area contributed by atoms with Crippen molar-refractivity contribution >= 4 is 7.82 Å². The number of para-hydroxylation sites is 1. The highest BCUT2D eigenvalue weighted by molar-refractivity contribution is 7.49. The van der Waals surface area contributed by atoms with Gasteiger partial charge in [-0.15, -0.1) is 0 Å². The molecule has 2 aliphatic rings. The first-order chi connectivity index (χ1) is 14.8. The smallest absolute Gasteiger partial charge is 0.403 e. The monoisotopic (exact) mass is 449 g/mol. The van der Waals surface area contributed by atoms with Crippen LogP contribution in [0.2, 0.25) is 0 Å². The van der Waals surface area contributed by atoms with Gasteiger partial charge in [-0.25, -0.2) is 9.36 Å². The summed E-state index contributed by atoms with van der Waals surface area (Å²) in [5, 5.41) is 3.70. The quantitative estimate of drug-likeness (QED) is 0.318. The summed E-state index contributed by atoms with van der Waals surface area (Å²) < 4.78 is 36.3. The molecule has 2 aliphatic heterocycles. The fourth-order valence-corrected chi connectivity index (χ4v) is 4.79. The summed E-state index contributed by atoms with van der Waals surface area (Å²) in [6.07, 6.45) is -0.0741. The Morgan fingerprint density at radius 3 is 2.94 bits per heavy atom. The Hall–Kier alpha value is -2.88. The van der Waals surface area contributed by atoms with Gasteiger partial charge in [0, 0.05) is 28.7 Å². The van der Waals surface area contributed by atoms with Gasteiger partial charge in [-0.3, -0.25) is 23.4 Å². The maximum Gasteiger partial charge on any atom is 0.530 e. The van der Waals surface area contributed by atoms with Gasteiger partial charge in [0.1, 0.15) is 12.0 Å². The normalized spacial score (nSPS) is 27.2. The first-order valence-electron chi connectivity index (χ1n) is 9.48. The summed E-state index contributed by atoms with van der Waals surface area (Å²) in [7, 11) is -3.92. The average Bonchev–Trinajstić information content (AvgIpc) is 3.13. The third-order valence-electron chi connectivity index (χ3n) is 5.13. The molecule has 13 heteroatoms. The van der Waals surface area contributed by atoms with E-state index in [0.717, 1.165) is 11.1 Å². The molecule has 0 aliphatic carbocycles. The van der Waals surface area contributed by atoms with Gasteiger partial charge in [0.25, 0.3) is 5.56 Å². The van der Waals surface area contributed by atoms with Crippen LogP contribution in [-0.4, -0.2) is 28.3 Å². The van der Waals surface area contributed by atoms with Crippen LogP contribution in [0.1, 0.15) is 29.3 Å². The van der Waals surface area contributed by atoms with Crippen LogP contribution < -0.4 is 15.8 Å². The van der Waals surface area contributed by atoms with E-state index in [1.54, 1.807) is 13.0 Å². The van der Waals surface area contributed by atoms with Crippen molar-refractivity contribution in [1.82, 2.24) is 9.55 Å². The molecule has 0 spiro atoms. The summed E-state index contributed by atoms with van der Waals surface area (Å²) in [5.41, 5.74) is 9.61. The van der Waals surface area contributed by atoms with Crippen LogP contribution in [0.5, 0.6) is 5.75 Å². The molecule has 0 saturated carbocycles. The van der Waals surface area contributed by atoms with Crippen LogP contribution in [0, 0.1) is 13.8 Å². The fraction of sp³-hybridized carbons (Fsp3) is 0.444. The number of aromatic amines is 1. The number of nitrogens with zero attached hydrogens (tertiary/aromatic N) is 4. The number of nitrogens with one attached hydrogen (secondary N) is 1. The lowest BCUT2D eigenvalue weighted by molar-refractivity contribution is -0.0288. The van der Waals surface area contributed by atoms with Gasteiger partial charge < -0.3 is 9.26 Å². The molecular weight excluding hydrogens is 429 g/mol. The predicted molar refractivity (Wildman–Crippen MR) is 108 cm³/mol. The van der Waals surface area contributed by atoms with E-state index in [0.29, 0.717) is 11.3 Å². The van der Waals surface area contributed by atoms with Crippen molar-refractivity contribution < 1.29 is 22.9 Å². The molecular formula is C18H20N5O7P. The maximum atomic E-state index is 12.9. The van der Waals surface area contributed by atoms with Crippen LogP contribution in [0.15, 0.2) is 39.1 Å². The number of H-pyrrole nitrogens is 1. The number of azide groups is 1. The summed E-state index contributed by atoms with van der Waals surface area (Å²) in [5.74, 6) is 0.448. The van der Waals surface area contributed by atoms with Gasteiger partial charge in [0.2, 0.25) is 0 Å². The van der Waals surface area contributed by atoms with Crippen molar-refractivity contribution in [2.45, 2.75) is 45.2 Å². The minimum atomic E-state index is -3.92. The third kappa shape index (κ3) is 4.30. The first-order valence-corrected chi connectivity index (χ1v) is 10.9. The van der Waals surface area contributed by atoms with Crippen LogP contribution in [-0.2, 0) is 25.0 Å². The molecule has 4 rings (SSSR count). The Morgan fingerprint density at radius 2 is 2.16 bits per heavy atom. The lowest BCUT2D eigenvalue weighted by atomic mass is 10.1. The molecule has 3 heterocycles. The number of phosphoric ester groups is 1. The summed E-state index contributed by atoms with van der Waals surface area (Å²) in [6.45, 7) is 3.18. The van der Waals surface area contributed by atoms with E-state index in [1.165, 1.54) is 10.8 Å². The second-order valence-corrected chi connectivity index (χ2v) is 8.88. The Kier molecular flexibility index (Phi) is 5.74. The van der Waals surface area contributed by atoms with Crippen molar-refractivity contribution in [2.24, 2.45) is 5.11 Å². The van der Waals surface area contributed by atoms with E-state index in [-0.39, 0.29) is 19.6 Å². The van der Waals surface area contributed by atoms with Crippen molar-refractivity contribution in [2.75, 3.05) is 6.61 Å². The maximum absolute atomic E-state index is 12.9. The Balaban J connectivity index is 1.50. The lowest BCUT2D eigenvalue weighted by Gasteiger charge is -2.27. The number of benzene rings is 1. The van der Waals surface area contributed by atoms with Gasteiger partial charge >= 0.3 is 13.5 Å². The highest BCUT2D eigenvalue weighted by Crippen LogP contribution is 2.55. The number of hydrogen-bond donors (Lipinski definition) is 1. The number of fused-ring (bicyclic) bond motifs is 1. The van der Waals surface area contributed by atoms with Crippen LogP contribution in [0.3, 0.4) is 0 Å². The average molecular weight is 449 g/mol. The molecule has 0 unspecified atom stereocenters. The summed E-state index contributed by atoms with van der Waals surface area (Å²) in [4.78, 5) is 28.8. The molecule has 0 radical (unpaired) electrons. The Morgan fingerprint density at radius 1 is 1.35 bits per heavy atom. The second kappa shape index (κ2) is 8.33. The van der Waals surface area contributed by atoms with Gasteiger partial charge in [-0.1, -0.05) is 23.3 Å². The number of aromatic nitrogens is 2. The summed E-state index contributed by atoms with van der Waals surface area (Å²) >= 11 is 0. The molecule has 1 saturated heterocycles. The van der Waals surface area contributed by atoms with E-state index in [2.05, 4.69) is 15.0 Å². The third-order valence-corrected chi connectivity index (χ3v) is 6.45. The predicted octanol–water partition coefficient (Wildman–Crippen LogP) is 2.85. The van der Waals surface area contributed by atoms with Crippen LogP contribution in [0.4, 0.5) is 0 Å². The van der Waals surface area contributed by atoms with E-state index < -0.39 is 37.4 Å². The first kappa shape index (κ1) is 21.4. The van der Waals surface area contributed by atoms with Gasteiger partial charge in [0.15, 0.2) is 0 Å². The van der Waals surface area contributed by atoms with Gasteiger partial charge in [-0.05, 0) is 24.9 Å². The Bertz CT molecular complexity index is 1220. The zero-order valence-corrected chi connectivity index (χ0v) is 17.7. The molecule has 0 bridgehead atoms. The minimum absolute atomic E-state index is 0.0638. The number of phosphoric acid groups is 1. The zero-order valence-electron chi connectivity index (χ0n) is 16.8. The molecule has 4 atom stereocenters. The molecule has 1 N–H and O–H groups in total. The highest BCUT2D eigenvalue weighted by Gasteiger charge is 2.41. The molecule has 31 heavy (non-hydrogen) atoms. The topological polar surface area (TPSA) is 158 Å². The van der Waals surface area contributed by atoms with Crippen LogP contribution >= 0.6 is 7.82 Å². The molecule has 1 fully saturated rings. The minimum Gasteiger partial charge on any atom is -0.403 e.